The lowest BCUT2D eigenvalue weighted by atomic mass is 10.1. The highest BCUT2D eigenvalue weighted by Gasteiger charge is 2.10. The predicted octanol–water partition coefficient (Wildman–Crippen LogP) is 3.40. The van der Waals surface area contributed by atoms with Gasteiger partial charge in [-0.05, 0) is 32.4 Å². The number of hydrogen-bond donors (Lipinski definition) is 0. The third-order valence-corrected chi connectivity index (χ3v) is 4.34. The Hall–Kier alpha value is -3.02. The summed E-state index contributed by atoms with van der Waals surface area (Å²) in [6.45, 7) is 5.64. The number of para-hydroxylation sites is 1. The van der Waals surface area contributed by atoms with Crippen LogP contribution in [0.25, 0.3) is 22.3 Å². The van der Waals surface area contributed by atoms with Crippen molar-refractivity contribution in [1.82, 2.24) is 29.3 Å². The summed E-state index contributed by atoms with van der Waals surface area (Å²) in [5, 5.41) is 5.55. The zero-order valence-electron chi connectivity index (χ0n) is 14.4. The van der Waals surface area contributed by atoms with Gasteiger partial charge in [-0.1, -0.05) is 18.2 Å². The van der Waals surface area contributed by atoms with E-state index < -0.39 is 0 Å². The van der Waals surface area contributed by atoms with Crippen LogP contribution < -0.4 is 0 Å². The molecule has 6 nitrogen and oxygen atoms in total. The smallest absolute Gasteiger partial charge is 0.147 e. The second-order valence-electron chi connectivity index (χ2n) is 6.10. The first-order valence-electron chi connectivity index (χ1n) is 8.45. The van der Waals surface area contributed by atoms with E-state index >= 15 is 0 Å². The van der Waals surface area contributed by atoms with Crippen molar-refractivity contribution < 1.29 is 0 Å². The Kier molecular flexibility index (Phi) is 4.01. The van der Waals surface area contributed by atoms with Gasteiger partial charge in [-0.15, -0.1) is 0 Å². The van der Waals surface area contributed by atoms with E-state index in [1.165, 1.54) is 0 Å². The molecule has 6 heteroatoms. The Morgan fingerprint density at radius 3 is 2.68 bits per heavy atom. The monoisotopic (exact) mass is 332 g/mol. The summed E-state index contributed by atoms with van der Waals surface area (Å²) in [6, 6.07) is 10.2. The molecule has 0 aliphatic rings. The molecule has 0 spiro atoms. The average molecular weight is 332 g/mol. The molecule has 25 heavy (non-hydrogen) atoms. The zero-order chi connectivity index (χ0) is 17.2. The molecule has 0 bridgehead atoms. The molecule has 126 valence electrons. The molecule has 0 unspecified atom stereocenters. The second kappa shape index (κ2) is 6.47. The summed E-state index contributed by atoms with van der Waals surface area (Å²) in [6.07, 6.45) is 6.70. The van der Waals surface area contributed by atoms with Crippen LogP contribution in [0.15, 0.2) is 48.9 Å². The summed E-state index contributed by atoms with van der Waals surface area (Å²) in [5.41, 5.74) is 2.10. The van der Waals surface area contributed by atoms with Gasteiger partial charge < -0.3 is 4.57 Å². The number of rotatable bonds is 5. The first-order valence-corrected chi connectivity index (χ1v) is 8.45. The van der Waals surface area contributed by atoms with Crippen LogP contribution in [0.2, 0.25) is 0 Å². The first kappa shape index (κ1) is 15.5. The van der Waals surface area contributed by atoms with Gasteiger partial charge in [0, 0.05) is 42.6 Å². The van der Waals surface area contributed by atoms with Crippen molar-refractivity contribution in [3.05, 3.63) is 60.6 Å². The molecule has 0 aliphatic carbocycles. The third kappa shape index (κ3) is 3.03. The van der Waals surface area contributed by atoms with Crippen molar-refractivity contribution in [3.63, 3.8) is 0 Å². The van der Waals surface area contributed by atoms with E-state index in [9.17, 15) is 0 Å². The fraction of sp³-hybridized carbons (Fsp3) is 0.263. The number of fused-ring (bicyclic) bond motifs is 1. The molecule has 3 heterocycles. The lowest BCUT2D eigenvalue weighted by molar-refractivity contribution is 0.516. The number of nitrogens with zero attached hydrogens (tertiary/aromatic N) is 6. The van der Waals surface area contributed by atoms with E-state index in [4.69, 9.17) is 0 Å². The van der Waals surface area contributed by atoms with Gasteiger partial charge in [-0.2, -0.15) is 5.10 Å². The fourth-order valence-corrected chi connectivity index (χ4v) is 3.19. The van der Waals surface area contributed by atoms with Gasteiger partial charge >= 0.3 is 0 Å². The molecule has 0 saturated heterocycles. The number of aryl methyl sites for hydroxylation is 4. The van der Waals surface area contributed by atoms with Crippen LogP contribution in [0.3, 0.4) is 0 Å². The number of pyridine rings is 1. The molecule has 0 saturated carbocycles. The second-order valence-corrected chi connectivity index (χ2v) is 6.10. The van der Waals surface area contributed by atoms with Gasteiger partial charge in [0.15, 0.2) is 0 Å². The van der Waals surface area contributed by atoms with E-state index in [0.29, 0.717) is 0 Å². The predicted molar refractivity (Wildman–Crippen MR) is 97.1 cm³/mol. The number of benzene rings is 1. The van der Waals surface area contributed by atoms with Gasteiger partial charge in [0.2, 0.25) is 0 Å². The summed E-state index contributed by atoms with van der Waals surface area (Å²) in [4.78, 5) is 13.4. The lowest BCUT2D eigenvalue weighted by Gasteiger charge is -2.10. The van der Waals surface area contributed by atoms with E-state index in [1.807, 2.05) is 61.4 Å². The SMILES string of the molecule is Cc1nc(C)n(CCCn2ccnc2-c2ccnc3ccccc23)n1. The third-order valence-electron chi connectivity index (χ3n) is 4.34. The molecule has 1 aromatic carbocycles. The lowest BCUT2D eigenvalue weighted by Crippen LogP contribution is -2.07. The molecule has 0 amide bonds. The summed E-state index contributed by atoms with van der Waals surface area (Å²) in [5.74, 6) is 2.76. The van der Waals surface area contributed by atoms with Gasteiger partial charge in [-0.3, -0.25) is 9.67 Å². The van der Waals surface area contributed by atoms with Crippen molar-refractivity contribution in [3.8, 4) is 11.4 Å². The van der Waals surface area contributed by atoms with Crippen LogP contribution in [0, 0.1) is 13.8 Å². The summed E-state index contributed by atoms with van der Waals surface area (Å²) >= 11 is 0. The molecule has 0 radical (unpaired) electrons. The maximum atomic E-state index is 4.58. The van der Waals surface area contributed by atoms with E-state index in [0.717, 1.165) is 53.4 Å². The van der Waals surface area contributed by atoms with E-state index in [1.54, 1.807) is 0 Å². The average Bonchev–Trinajstić information content (AvgIpc) is 3.20. The number of aromatic nitrogens is 6. The molecular formula is C19H20N6. The van der Waals surface area contributed by atoms with Crippen molar-refractivity contribution in [2.45, 2.75) is 33.4 Å². The maximum Gasteiger partial charge on any atom is 0.147 e. The zero-order valence-corrected chi connectivity index (χ0v) is 14.4. The molecule has 4 rings (SSSR count). The number of hydrogen-bond acceptors (Lipinski definition) is 4. The van der Waals surface area contributed by atoms with Crippen LogP contribution in [0.4, 0.5) is 0 Å². The molecule has 4 aromatic rings. The van der Waals surface area contributed by atoms with Crippen molar-refractivity contribution in [1.29, 1.82) is 0 Å². The largest absolute Gasteiger partial charge is 0.331 e. The van der Waals surface area contributed by atoms with E-state index in [-0.39, 0.29) is 0 Å². The van der Waals surface area contributed by atoms with Crippen LogP contribution in [-0.4, -0.2) is 29.3 Å². The minimum absolute atomic E-state index is 0.823. The van der Waals surface area contributed by atoms with Gasteiger partial charge in [0.05, 0.1) is 5.52 Å². The molecule has 0 atom stereocenters. The molecule has 0 N–H and O–H groups in total. The Morgan fingerprint density at radius 1 is 0.960 bits per heavy atom. The van der Waals surface area contributed by atoms with Crippen molar-refractivity contribution >= 4 is 10.9 Å². The normalized spacial score (nSPS) is 11.3. The first-order chi connectivity index (χ1) is 12.2. The quantitative estimate of drug-likeness (QED) is 0.562. The van der Waals surface area contributed by atoms with Gasteiger partial charge in [0.1, 0.15) is 17.5 Å². The molecule has 0 fully saturated rings. The highest BCUT2D eigenvalue weighted by Crippen LogP contribution is 2.26. The maximum absolute atomic E-state index is 4.58. The Bertz CT molecular complexity index is 1010. The van der Waals surface area contributed by atoms with Gasteiger partial charge in [0.25, 0.3) is 0 Å². The Labute approximate surface area is 146 Å². The van der Waals surface area contributed by atoms with Gasteiger partial charge in [-0.25, -0.2) is 9.97 Å². The minimum Gasteiger partial charge on any atom is -0.331 e. The van der Waals surface area contributed by atoms with Crippen LogP contribution in [0.5, 0.6) is 0 Å². The molecule has 0 aliphatic heterocycles. The topological polar surface area (TPSA) is 61.4 Å². The van der Waals surface area contributed by atoms with E-state index in [2.05, 4.69) is 30.7 Å². The highest BCUT2D eigenvalue weighted by atomic mass is 15.3. The standard InChI is InChI=1S/C19H20N6/c1-14-22-15(2)25(23-14)12-5-11-24-13-10-21-19(24)17-8-9-20-18-7-4-3-6-16(17)18/h3-4,6-10,13H,5,11-12H2,1-2H3. The minimum atomic E-state index is 0.823. The Balaban J connectivity index is 1.57. The highest BCUT2D eigenvalue weighted by molar-refractivity contribution is 5.92. The van der Waals surface area contributed by atoms with Crippen LogP contribution >= 0.6 is 0 Å². The fourth-order valence-electron chi connectivity index (χ4n) is 3.19. The summed E-state index contributed by atoms with van der Waals surface area (Å²) in [7, 11) is 0. The molecular weight excluding hydrogens is 312 g/mol. The molecule has 3 aromatic heterocycles. The summed E-state index contributed by atoms with van der Waals surface area (Å²) < 4.78 is 4.16. The van der Waals surface area contributed by atoms with Crippen LogP contribution in [0.1, 0.15) is 18.1 Å². The van der Waals surface area contributed by atoms with Crippen LogP contribution in [-0.2, 0) is 13.1 Å². The number of imidazole rings is 1. The van der Waals surface area contributed by atoms with Crippen molar-refractivity contribution in [2.75, 3.05) is 0 Å². The van der Waals surface area contributed by atoms with Crippen molar-refractivity contribution in [2.24, 2.45) is 0 Å². The Morgan fingerprint density at radius 2 is 1.84 bits per heavy atom.